The number of nitrogens with zero attached hydrogens (tertiary/aromatic N) is 1. The second kappa shape index (κ2) is 8.35. The van der Waals surface area contributed by atoms with E-state index in [0.717, 1.165) is 6.42 Å². The van der Waals surface area contributed by atoms with Gasteiger partial charge in [-0.15, -0.1) is 0 Å². The van der Waals surface area contributed by atoms with Gasteiger partial charge in [0.05, 0.1) is 6.10 Å². The first-order chi connectivity index (χ1) is 14.2. The van der Waals surface area contributed by atoms with Crippen molar-refractivity contribution in [1.82, 2.24) is 4.23 Å². The second-order valence-electron chi connectivity index (χ2n) is 12.0. The van der Waals surface area contributed by atoms with E-state index in [9.17, 15) is 0 Å². The predicted molar refractivity (Wildman–Crippen MR) is 142 cm³/mol. The highest BCUT2D eigenvalue weighted by Gasteiger charge is 2.46. The standard InChI is InChI=1S/C27H45NOSi2/c1-19(2)31(20(3)4,21(5)6)28-18-22-14-12-17-25(29-30(10,11)27(7,8)9)23-15-13-16-24(28)26(22)23/h12-13,15-21,25H,14H2,1-11H3. The van der Waals surface area contributed by atoms with E-state index in [4.69, 9.17) is 4.43 Å². The highest BCUT2D eigenvalue weighted by Crippen LogP contribution is 2.47. The van der Waals surface area contributed by atoms with Gasteiger partial charge in [-0.2, -0.15) is 0 Å². The third kappa shape index (κ3) is 3.93. The molecule has 0 amide bonds. The van der Waals surface area contributed by atoms with Crippen molar-refractivity contribution in [3.63, 3.8) is 0 Å². The van der Waals surface area contributed by atoms with Crippen LogP contribution in [0.15, 0.2) is 36.5 Å². The van der Waals surface area contributed by atoms with E-state index in [-0.39, 0.29) is 11.1 Å². The van der Waals surface area contributed by atoms with Gasteiger partial charge in [-0.25, -0.2) is 0 Å². The van der Waals surface area contributed by atoms with Gasteiger partial charge < -0.3 is 8.66 Å². The van der Waals surface area contributed by atoms with Crippen LogP contribution in [0, 0.1) is 0 Å². The van der Waals surface area contributed by atoms with E-state index in [1.165, 1.54) is 22.0 Å². The summed E-state index contributed by atoms with van der Waals surface area (Å²) in [5.41, 5.74) is 6.31. The van der Waals surface area contributed by atoms with Gasteiger partial charge in [0, 0.05) is 10.9 Å². The lowest BCUT2D eigenvalue weighted by Crippen LogP contribution is -2.51. The van der Waals surface area contributed by atoms with Gasteiger partial charge in [0.2, 0.25) is 0 Å². The number of allylic oxidation sites excluding steroid dienone is 1. The van der Waals surface area contributed by atoms with Gasteiger partial charge >= 0.3 is 0 Å². The van der Waals surface area contributed by atoms with E-state index < -0.39 is 16.6 Å². The molecule has 1 aromatic carbocycles. The van der Waals surface area contributed by atoms with Crippen molar-refractivity contribution in [2.24, 2.45) is 0 Å². The molecule has 31 heavy (non-hydrogen) atoms. The lowest BCUT2D eigenvalue weighted by molar-refractivity contribution is 0.231. The number of rotatable bonds is 6. The summed E-state index contributed by atoms with van der Waals surface area (Å²) in [6.45, 7) is 26.5. The molecule has 1 aromatic heterocycles. The molecule has 3 rings (SSSR count). The molecule has 1 heterocycles. The van der Waals surface area contributed by atoms with E-state index in [1.807, 2.05) is 0 Å². The third-order valence-corrected chi connectivity index (χ3v) is 19.5. The van der Waals surface area contributed by atoms with Crippen LogP contribution in [0.1, 0.15) is 79.5 Å². The molecule has 0 N–H and O–H groups in total. The number of benzene rings is 1. The Morgan fingerprint density at radius 2 is 1.55 bits per heavy atom. The molecule has 0 radical (unpaired) electrons. The number of hydrogen-bond donors (Lipinski definition) is 0. The molecule has 0 spiro atoms. The maximum absolute atomic E-state index is 6.96. The summed E-state index contributed by atoms with van der Waals surface area (Å²) in [6, 6.07) is 6.94. The minimum absolute atomic E-state index is 0.0508. The maximum atomic E-state index is 6.96. The molecule has 4 heteroatoms. The summed E-state index contributed by atoms with van der Waals surface area (Å²) < 4.78 is 9.74. The fourth-order valence-corrected chi connectivity index (χ4v) is 13.8. The zero-order chi connectivity index (χ0) is 23.4. The molecule has 1 aliphatic carbocycles. The molecule has 1 aliphatic rings. The van der Waals surface area contributed by atoms with Gasteiger partial charge in [0.25, 0.3) is 0 Å². The fraction of sp³-hybridized carbons (Fsp3) is 0.630. The monoisotopic (exact) mass is 455 g/mol. The van der Waals surface area contributed by atoms with Crippen molar-refractivity contribution in [3.05, 3.63) is 47.7 Å². The second-order valence-corrected chi connectivity index (χ2v) is 22.5. The Hall–Kier alpha value is -1.11. The summed E-state index contributed by atoms with van der Waals surface area (Å²) in [5.74, 6) is 0. The van der Waals surface area contributed by atoms with Gasteiger partial charge in [-0.3, -0.25) is 0 Å². The maximum Gasteiger partial charge on any atom is 0.193 e. The first kappa shape index (κ1) is 24.5. The normalized spacial score (nSPS) is 17.9. The van der Waals surface area contributed by atoms with Crippen LogP contribution < -0.4 is 0 Å². The van der Waals surface area contributed by atoms with Crippen LogP contribution >= 0.6 is 0 Å². The molecule has 2 aromatic rings. The zero-order valence-corrected chi connectivity index (χ0v) is 23.8. The van der Waals surface area contributed by atoms with E-state index in [1.54, 1.807) is 0 Å². The molecule has 2 nitrogen and oxygen atoms in total. The Kier molecular flexibility index (Phi) is 6.61. The topological polar surface area (TPSA) is 14.2 Å². The minimum Gasteiger partial charge on any atom is -0.406 e. The third-order valence-electron chi connectivity index (χ3n) is 8.32. The van der Waals surface area contributed by atoms with Gasteiger partial charge in [-0.05, 0) is 64.6 Å². The summed E-state index contributed by atoms with van der Waals surface area (Å²) in [7, 11) is -3.70. The van der Waals surface area contributed by atoms with Crippen LogP contribution in [-0.2, 0) is 10.8 Å². The fourth-order valence-electron chi connectivity index (χ4n) is 5.96. The molecule has 1 atom stereocenters. The number of hydrogen-bond acceptors (Lipinski definition) is 1. The Morgan fingerprint density at radius 3 is 2.06 bits per heavy atom. The van der Waals surface area contributed by atoms with Crippen molar-refractivity contribution in [3.8, 4) is 0 Å². The summed E-state index contributed by atoms with van der Waals surface area (Å²) in [5, 5.41) is 1.65. The molecule has 0 aliphatic heterocycles. The Labute approximate surface area is 193 Å². The predicted octanol–water partition coefficient (Wildman–Crippen LogP) is 8.84. The Morgan fingerprint density at radius 1 is 0.968 bits per heavy atom. The van der Waals surface area contributed by atoms with Gasteiger partial charge in [0.15, 0.2) is 16.6 Å². The molecule has 172 valence electrons. The lowest BCUT2D eigenvalue weighted by atomic mass is 10.0. The highest BCUT2D eigenvalue weighted by molar-refractivity contribution is 6.82. The van der Waals surface area contributed by atoms with Crippen molar-refractivity contribution in [2.45, 2.75) is 110 Å². The van der Waals surface area contributed by atoms with Crippen LogP contribution in [0.2, 0.25) is 34.8 Å². The summed E-state index contributed by atoms with van der Waals surface area (Å²) >= 11 is 0. The first-order valence-corrected chi connectivity index (χ1v) is 17.3. The van der Waals surface area contributed by atoms with Crippen molar-refractivity contribution in [2.75, 3.05) is 0 Å². The SMILES string of the molecule is CC(C)[Si](C(C)C)(C(C)C)n1cc2c3c(cccc31)C(O[Si](C)(C)C(C)(C)C)C=CC2. The molecule has 0 saturated heterocycles. The van der Waals surface area contributed by atoms with Gasteiger partial charge in [0.1, 0.15) is 0 Å². The van der Waals surface area contributed by atoms with Crippen molar-refractivity contribution < 1.29 is 4.43 Å². The first-order valence-electron chi connectivity index (χ1n) is 12.2. The summed E-state index contributed by atoms with van der Waals surface area (Å²) in [4.78, 5) is 0. The van der Waals surface area contributed by atoms with Crippen LogP contribution in [-0.4, -0.2) is 20.8 Å². The van der Waals surface area contributed by atoms with E-state index >= 15 is 0 Å². The van der Waals surface area contributed by atoms with Crippen LogP contribution in [0.3, 0.4) is 0 Å². The molecule has 0 fully saturated rings. The lowest BCUT2D eigenvalue weighted by Gasteiger charge is -2.44. The van der Waals surface area contributed by atoms with E-state index in [0.29, 0.717) is 16.6 Å². The minimum atomic E-state index is -1.89. The van der Waals surface area contributed by atoms with E-state index in [2.05, 4.69) is 116 Å². The molecular weight excluding hydrogens is 410 g/mol. The van der Waals surface area contributed by atoms with Crippen molar-refractivity contribution >= 4 is 27.5 Å². The molecular formula is C27H45NOSi2. The smallest absolute Gasteiger partial charge is 0.193 e. The molecule has 0 saturated carbocycles. The summed E-state index contributed by atoms with van der Waals surface area (Å²) in [6.07, 6.45) is 8.24. The average Bonchev–Trinajstić information content (AvgIpc) is 2.89. The number of aromatic nitrogens is 1. The van der Waals surface area contributed by atoms with Crippen LogP contribution in [0.4, 0.5) is 0 Å². The average molecular weight is 456 g/mol. The highest BCUT2D eigenvalue weighted by atomic mass is 28.4. The molecule has 1 unspecified atom stereocenters. The Bertz CT molecular complexity index is 938. The van der Waals surface area contributed by atoms with Crippen molar-refractivity contribution in [1.29, 1.82) is 0 Å². The Balaban J connectivity index is 2.25. The van der Waals surface area contributed by atoms with Gasteiger partial charge in [-0.1, -0.05) is 86.6 Å². The quantitative estimate of drug-likeness (QED) is 0.313. The van der Waals surface area contributed by atoms with Crippen LogP contribution in [0.5, 0.6) is 0 Å². The largest absolute Gasteiger partial charge is 0.406 e. The van der Waals surface area contributed by atoms with Crippen LogP contribution in [0.25, 0.3) is 10.9 Å². The molecule has 0 bridgehead atoms. The zero-order valence-electron chi connectivity index (χ0n) is 21.8.